The van der Waals surface area contributed by atoms with E-state index in [-0.39, 0.29) is 19.8 Å². The normalized spacial score (nSPS) is 11.6. The molecule has 0 spiro atoms. The van der Waals surface area contributed by atoms with Crippen molar-refractivity contribution in [1.29, 1.82) is 0 Å². The molecular weight excluding hydrogens is 1020 g/mol. The number of carbonyl (C=O) groups excluding carboxylic acids is 4. The summed E-state index contributed by atoms with van der Waals surface area (Å²) >= 11 is 0. The van der Waals surface area contributed by atoms with Crippen LogP contribution < -0.4 is 0 Å². The molecule has 0 saturated heterocycles. The van der Waals surface area contributed by atoms with Gasteiger partial charge >= 0.3 is 23.9 Å². The molecule has 0 aromatic carbocycles. The number of hydrogen-bond acceptors (Lipinski definition) is 8. The Morgan fingerprint density at radius 3 is 0.561 bits per heavy atom. The van der Waals surface area contributed by atoms with Gasteiger partial charge < -0.3 is 18.9 Å². The highest BCUT2D eigenvalue weighted by molar-refractivity contribution is 5.92. The molecule has 8 nitrogen and oxygen atoms in total. The number of carbonyl (C=O) groups is 4. The van der Waals surface area contributed by atoms with Gasteiger partial charge in [0.25, 0.3) is 0 Å². The third kappa shape index (κ3) is 59.6. The van der Waals surface area contributed by atoms with Crippen molar-refractivity contribution in [3.8, 4) is 0 Å². The van der Waals surface area contributed by atoms with Crippen molar-refractivity contribution in [2.24, 2.45) is 0 Å². The lowest BCUT2D eigenvalue weighted by atomic mass is 9.95. The Morgan fingerprint density at radius 2 is 0.390 bits per heavy atom. The lowest BCUT2D eigenvalue weighted by molar-refractivity contribution is -0.190. The molecule has 0 bridgehead atoms. The molecule has 0 rings (SSSR count). The van der Waals surface area contributed by atoms with E-state index in [4.69, 9.17) is 18.9 Å². The summed E-state index contributed by atoms with van der Waals surface area (Å²) in [6.45, 7) is 8.60. The molecule has 0 unspecified atom stereocenters. The third-order valence-electron chi connectivity index (χ3n) is 17.3. The van der Waals surface area contributed by atoms with Crippen molar-refractivity contribution < 1.29 is 38.1 Å². The van der Waals surface area contributed by atoms with Gasteiger partial charge in [0, 0.05) is 6.92 Å². The second kappa shape index (κ2) is 66.4. The Morgan fingerprint density at radius 1 is 0.232 bits per heavy atom. The van der Waals surface area contributed by atoms with E-state index in [1.54, 1.807) is 0 Å². The SMILES string of the molecule is CCCCCCCCCCCCCCCCCCCCCCOC(=O)CC(CC(=O)OCCCCCCCCCCCCCCCCCCCCCC)(OC(C)=O)C(=O)OCCCCCCCCCCCCCCCCCCCCCC. The topological polar surface area (TPSA) is 105 Å². The van der Waals surface area contributed by atoms with Gasteiger partial charge in [-0.25, -0.2) is 4.79 Å². The minimum absolute atomic E-state index is 0.129. The minimum Gasteiger partial charge on any atom is -0.466 e. The minimum atomic E-state index is -2.13. The molecule has 0 fully saturated rings. The molecule has 0 saturated carbocycles. The number of hydrogen-bond donors (Lipinski definition) is 0. The Kier molecular flexibility index (Phi) is 64.7. The maximum absolute atomic E-state index is 13.9. The molecule has 0 N–H and O–H groups in total. The van der Waals surface area contributed by atoms with Crippen LogP contribution in [0.4, 0.5) is 0 Å². The van der Waals surface area contributed by atoms with Gasteiger partial charge in [-0.05, 0) is 19.3 Å². The van der Waals surface area contributed by atoms with Gasteiger partial charge in [-0.3, -0.25) is 14.4 Å². The first kappa shape index (κ1) is 79.9. The first-order valence-electron chi connectivity index (χ1n) is 37.0. The second-order valence-electron chi connectivity index (χ2n) is 25.7. The molecule has 0 amide bonds. The highest BCUT2D eigenvalue weighted by Crippen LogP contribution is 2.27. The van der Waals surface area contributed by atoms with Crippen molar-refractivity contribution >= 4 is 23.9 Å². The van der Waals surface area contributed by atoms with Gasteiger partial charge in [-0.15, -0.1) is 0 Å². The van der Waals surface area contributed by atoms with Crippen LogP contribution in [0.3, 0.4) is 0 Å². The number of esters is 4. The molecule has 0 aliphatic carbocycles. The molecule has 0 aliphatic rings. The molecule has 486 valence electrons. The Bertz CT molecular complexity index is 1270. The quantitative estimate of drug-likeness (QED) is 0.0337. The summed E-state index contributed by atoms with van der Waals surface area (Å²) in [5, 5.41) is 0. The fourth-order valence-corrected chi connectivity index (χ4v) is 11.9. The largest absolute Gasteiger partial charge is 0.466 e. The first-order chi connectivity index (χ1) is 40.3. The maximum Gasteiger partial charge on any atom is 0.351 e. The highest BCUT2D eigenvalue weighted by Gasteiger charge is 2.48. The van der Waals surface area contributed by atoms with E-state index in [1.165, 1.54) is 328 Å². The van der Waals surface area contributed by atoms with Crippen LogP contribution in [0.25, 0.3) is 0 Å². The van der Waals surface area contributed by atoms with Crippen LogP contribution in [0.15, 0.2) is 0 Å². The van der Waals surface area contributed by atoms with Crippen LogP contribution in [-0.4, -0.2) is 49.3 Å². The number of unbranched alkanes of at least 4 members (excludes halogenated alkanes) is 57. The summed E-state index contributed by atoms with van der Waals surface area (Å²) in [6, 6.07) is 0. The molecular formula is C74H142O8. The van der Waals surface area contributed by atoms with E-state index < -0.39 is 42.3 Å². The number of ether oxygens (including phenoxy) is 4. The smallest absolute Gasteiger partial charge is 0.351 e. The van der Waals surface area contributed by atoms with Gasteiger partial charge in [-0.2, -0.15) is 0 Å². The lowest BCUT2D eigenvalue weighted by Gasteiger charge is -2.29. The van der Waals surface area contributed by atoms with E-state index in [2.05, 4.69) is 20.8 Å². The van der Waals surface area contributed by atoms with E-state index in [9.17, 15) is 19.2 Å². The van der Waals surface area contributed by atoms with Crippen LogP contribution in [0.2, 0.25) is 0 Å². The Balaban J connectivity index is 4.66. The predicted molar refractivity (Wildman–Crippen MR) is 351 cm³/mol. The zero-order chi connectivity index (χ0) is 59.6. The Labute approximate surface area is 510 Å². The van der Waals surface area contributed by atoms with Crippen LogP contribution in [0.1, 0.15) is 426 Å². The van der Waals surface area contributed by atoms with E-state index >= 15 is 0 Å². The van der Waals surface area contributed by atoms with Crippen LogP contribution >= 0.6 is 0 Å². The molecule has 82 heavy (non-hydrogen) atoms. The van der Waals surface area contributed by atoms with E-state index in [1.807, 2.05) is 0 Å². The summed E-state index contributed by atoms with van der Waals surface area (Å²) in [7, 11) is 0. The summed E-state index contributed by atoms with van der Waals surface area (Å²) in [4.78, 5) is 53.2. The van der Waals surface area contributed by atoms with Gasteiger partial charge in [-0.1, -0.05) is 387 Å². The predicted octanol–water partition coefficient (Wildman–Crippen LogP) is 24.2. The van der Waals surface area contributed by atoms with Crippen LogP contribution in [-0.2, 0) is 38.1 Å². The fraction of sp³-hybridized carbons (Fsp3) is 0.946. The molecule has 0 atom stereocenters. The van der Waals surface area contributed by atoms with Crippen molar-refractivity contribution in [3.05, 3.63) is 0 Å². The van der Waals surface area contributed by atoms with Crippen LogP contribution in [0.5, 0.6) is 0 Å². The van der Waals surface area contributed by atoms with Crippen LogP contribution in [0, 0.1) is 0 Å². The fourth-order valence-electron chi connectivity index (χ4n) is 11.9. The molecule has 0 heterocycles. The summed E-state index contributed by atoms with van der Waals surface area (Å²) < 4.78 is 22.6. The van der Waals surface area contributed by atoms with Gasteiger partial charge in [0.1, 0.15) is 0 Å². The Hall–Kier alpha value is -2.12. The van der Waals surface area contributed by atoms with Gasteiger partial charge in [0.2, 0.25) is 5.60 Å². The lowest BCUT2D eigenvalue weighted by Crippen LogP contribution is -2.48. The second-order valence-corrected chi connectivity index (χ2v) is 25.7. The molecule has 0 aromatic rings. The van der Waals surface area contributed by atoms with Gasteiger partial charge in [0.15, 0.2) is 0 Å². The first-order valence-corrected chi connectivity index (χ1v) is 37.0. The van der Waals surface area contributed by atoms with E-state index in [0.717, 1.165) is 57.8 Å². The van der Waals surface area contributed by atoms with Crippen molar-refractivity contribution in [3.63, 3.8) is 0 Å². The average Bonchev–Trinajstić information content (AvgIpc) is 3.46. The molecule has 0 radical (unpaired) electrons. The zero-order valence-corrected chi connectivity index (χ0v) is 55.7. The van der Waals surface area contributed by atoms with Crippen molar-refractivity contribution in [2.45, 2.75) is 431 Å². The molecule has 8 heteroatoms. The number of rotatable bonds is 69. The zero-order valence-electron chi connectivity index (χ0n) is 55.7. The van der Waals surface area contributed by atoms with Gasteiger partial charge in [0.05, 0.1) is 32.7 Å². The summed E-state index contributed by atoms with van der Waals surface area (Å²) in [5.74, 6) is -3.01. The maximum atomic E-state index is 13.9. The molecule has 0 aromatic heterocycles. The summed E-state index contributed by atoms with van der Waals surface area (Å²) in [5.41, 5.74) is -2.13. The van der Waals surface area contributed by atoms with Crippen molar-refractivity contribution in [2.75, 3.05) is 19.8 Å². The third-order valence-corrected chi connectivity index (χ3v) is 17.3. The monoisotopic (exact) mass is 1160 g/mol. The van der Waals surface area contributed by atoms with Crippen molar-refractivity contribution in [1.82, 2.24) is 0 Å². The highest BCUT2D eigenvalue weighted by atomic mass is 16.6. The summed E-state index contributed by atoms with van der Waals surface area (Å²) in [6.07, 6.45) is 76.2. The van der Waals surface area contributed by atoms with E-state index in [0.29, 0.717) is 6.42 Å². The average molecular weight is 1160 g/mol. The standard InChI is InChI=1S/C74H142O8/c1-5-8-11-14-17-20-23-26-29-32-35-38-41-44-47-50-53-56-59-62-65-79-71(76)68-74(82-70(4)75,73(78)81-67-64-61-58-55-52-49-46-43-40-37-34-31-28-25-22-19-16-13-10-7-3)69-72(77)80-66-63-60-57-54-51-48-45-42-39-36-33-30-27-24-21-18-15-12-9-6-2/h5-69H2,1-4H3. The molecule has 0 aliphatic heterocycles.